The largest absolute Gasteiger partial charge is 0.487 e. The van der Waals surface area contributed by atoms with Crippen LogP contribution in [0.2, 0.25) is 5.02 Å². The van der Waals surface area contributed by atoms with Gasteiger partial charge in [0.2, 0.25) is 0 Å². The molecular weight excluding hydrogens is 260 g/mol. The van der Waals surface area contributed by atoms with E-state index in [1.807, 2.05) is 0 Å². The van der Waals surface area contributed by atoms with Gasteiger partial charge in [0.1, 0.15) is 17.4 Å². The number of benzene rings is 1. The van der Waals surface area contributed by atoms with Crippen LogP contribution in [-0.2, 0) is 6.61 Å². The smallest absolute Gasteiger partial charge is 0.142 e. The molecule has 0 aliphatic carbocycles. The zero-order valence-electron chi connectivity index (χ0n) is 11.1. The Bertz CT molecular complexity index is 528. The molecule has 2 rings (SSSR count). The summed E-state index contributed by atoms with van der Waals surface area (Å²) in [5.41, 5.74) is 2.29. The summed E-state index contributed by atoms with van der Waals surface area (Å²) in [6.07, 6.45) is 4.23. The van der Waals surface area contributed by atoms with Crippen LogP contribution in [0.3, 0.4) is 0 Å². The first kappa shape index (κ1) is 13.7. The van der Waals surface area contributed by atoms with Crippen LogP contribution in [0.5, 0.6) is 5.75 Å². The molecule has 4 heteroatoms. The van der Waals surface area contributed by atoms with Gasteiger partial charge in [0.05, 0.1) is 12.4 Å². The van der Waals surface area contributed by atoms with Crippen LogP contribution in [0.15, 0.2) is 36.5 Å². The lowest BCUT2D eigenvalue weighted by atomic mass is 10.2. The summed E-state index contributed by atoms with van der Waals surface area (Å²) in [6, 6.07) is 9.92. The van der Waals surface area contributed by atoms with E-state index >= 15 is 0 Å². The predicted molar refractivity (Wildman–Crippen MR) is 77.8 cm³/mol. The molecule has 3 nitrogen and oxygen atoms in total. The lowest BCUT2D eigenvalue weighted by molar-refractivity contribution is 0.306. The summed E-state index contributed by atoms with van der Waals surface area (Å²) in [6.45, 7) is 3.59. The van der Waals surface area contributed by atoms with Gasteiger partial charge in [0.15, 0.2) is 0 Å². The predicted octanol–water partition coefficient (Wildman–Crippen LogP) is 3.57. The van der Waals surface area contributed by atoms with Crippen molar-refractivity contribution < 1.29 is 4.74 Å². The van der Waals surface area contributed by atoms with Crippen molar-refractivity contribution in [2.75, 3.05) is 18.5 Å². The van der Waals surface area contributed by atoms with E-state index in [1.165, 1.54) is 11.9 Å². The fourth-order valence-corrected chi connectivity index (χ4v) is 1.78. The molecule has 99 valence electrons. The maximum absolute atomic E-state index is 5.96. The standard InChI is InChI=1S/C15H16ClN2O/c1-3-18(2)13-6-4-12(5-7-13)11-19-15-8-9-17-10-14(15)16/h4-8,10H,3,11H2,1-2H3. The molecule has 0 atom stereocenters. The molecule has 0 amide bonds. The fourth-order valence-electron chi connectivity index (χ4n) is 1.62. The van der Waals surface area contributed by atoms with E-state index in [4.69, 9.17) is 16.3 Å². The zero-order chi connectivity index (χ0) is 13.7. The maximum atomic E-state index is 5.96. The second kappa shape index (κ2) is 6.43. The highest BCUT2D eigenvalue weighted by Crippen LogP contribution is 2.23. The van der Waals surface area contributed by atoms with Gasteiger partial charge in [-0.1, -0.05) is 23.7 Å². The Morgan fingerprint density at radius 2 is 2.05 bits per heavy atom. The first-order valence-corrected chi connectivity index (χ1v) is 6.53. The number of hydrogen-bond acceptors (Lipinski definition) is 3. The molecule has 1 radical (unpaired) electrons. The number of rotatable bonds is 5. The minimum absolute atomic E-state index is 0.480. The lowest BCUT2D eigenvalue weighted by Gasteiger charge is -2.17. The number of halogens is 1. The highest BCUT2D eigenvalue weighted by Gasteiger charge is 2.02. The van der Waals surface area contributed by atoms with Crippen LogP contribution in [0, 0.1) is 6.20 Å². The van der Waals surface area contributed by atoms with Crippen molar-refractivity contribution in [3.05, 3.63) is 53.3 Å². The average Bonchev–Trinajstić information content (AvgIpc) is 2.46. The van der Waals surface area contributed by atoms with E-state index in [9.17, 15) is 0 Å². The van der Waals surface area contributed by atoms with E-state index in [-0.39, 0.29) is 0 Å². The first-order chi connectivity index (χ1) is 9.20. The van der Waals surface area contributed by atoms with E-state index in [2.05, 4.69) is 54.3 Å². The molecule has 0 unspecified atom stereocenters. The van der Waals surface area contributed by atoms with Crippen molar-refractivity contribution in [2.24, 2.45) is 0 Å². The summed E-state index contributed by atoms with van der Waals surface area (Å²) in [5, 5.41) is 0.501. The number of hydrogen-bond donors (Lipinski definition) is 0. The average molecular weight is 276 g/mol. The molecule has 2 aromatic rings. The Balaban J connectivity index is 1.99. The Morgan fingerprint density at radius 3 is 2.68 bits per heavy atom. The maximum Gasteiger partial charge on any atom is 0.142 e. The van der Waals surface area contributed by atoms with Gasteiger partial charge >= 0.3 is 0 Å². The Kier molecular flexibility index (Phi) is 4.63. The Hall–Kier alpha value is -1.74. The third-order valence-electron chi connectivity index (χ3n) is 2.93. The van der Waals surface area contributed by atoms with E-state index in [1.54, 1.807) is 6.07 Å². The molecule has 0 aliphatic rings. The minimum Gasteiger partial charge on any atom is -0.487 e. The molecule has 0 spiro atoms. The highest BCUT2D eigenvalue weighted by molar-refractivity contribution is 6.31. The summed E-state index contributed by atoms with van der Waals surface area (Å²) in [5.74, 6) is 0.603. The van der Waals surface area contributed by atoms with Crippen LogP contribution in [0.4, 0.5) is 5.69 Å². The van der Waals surface area contributed by atoms with Gasteiger partial charge in [-0.3, -0.25) is 4.98 Å². The molecule has 0 aliphatic heterocycles. The fraction of sp³-hybridized carbons (Fsp3) is 0.267. The monoisotopic (exact) mass is 275 g/mol. The van der Waals surface area contributed by atoms with Gasteiger partial charge in [0, 0.05) is 25.3 Å². The summed E-state index contributed by atoms with van der Waals surface area (Å²) in [4.78, 5) is 5.98. The highest BCUT2D eigenvalue weighted by atomic mass is 35.5. The summed E-state index contributed by atoms with van der Waals surface area (Å²) < 4.78 is 5.63. The number of aromatic nitrogens is 1. The lowest BCUT2D eigenvalue weighted by Crippen LogP contribution is -2.15. The van der Waals surface area contributed by atoms with Crippen LogP contribution >= 0.6 is 11.6 Å². The van der Waals surface area contributed by atoms with E-state index in [0.29, 0.717) is 17.4 Å². The SMILES string of the molecule is CCN(C)c1ccc(COc2c[c]ncc2Cl)cc1. The van der Waals surface area contributed by atoms with Crippen molar-refractivity contribution in [2.45, 2.75) is 13.5 Å². The van der Waals surface area contributed by atoms with Gasteiger partial charge in [0.25, 0.3) is 0 Å². The minimum atomic E-state index is 0.480. The second-order valence-electron chi connectivity index (χ2n) is 4.21. The van der Waals surface area contributed by atoms with E-state index < -0.39 is 0 Å². The van der Waals surface area contributed by atoms with Crippen molar-refractivity contribution in [3.63, 3.8) is 0 Å². The van der Waals surface area contributed by atoms with Crippen molar-refractivity contribution in [3.8, 4) is 5.75 Å². The van der Waals surface area contributed by atoms with Crippen LogP contribution in [-0.4, -0.2) is 18.6 Å². The van der Waals surface area contributed by atoms with Gasteiger partial charge in [-0.25, -0.2) is 0 Å². The number of pyridine rings is 1. The molecular formula is C15H16ClN2O. The number of ether oxygens (including phenoxy) is 1. The van der Waals surface area contributed by atoms with Gasteiger partial charge in [-0.15, -0.1) is 0 Å². The van der Waals surface area contributed by atoms with Gasteiger partial charge < -0.3 is 9.64 Å². The molecule has 0 N–H and O–H groups in total. The molecule has 1 aromatic heterocycles. The molecule has 0 saturated heterocycles. The normalized spacial score (nSPS) is 10.3. The molecule has 1 heterocycles. The number of nitrogens with zero attached hydrogens (tertiary/aromatic N) is 2. The molecule has 0 saturated carbocycles. The van der Waals surface area contributed by atoms with Gasteiger partial charge in [-0.05, 0) is 24.6 Å². The topological polar surface area (TPSA) is 25.4 Å². The third kappa shape index (κ3) is 3.61. The Labute approximate surface area is 118 Å². The van der Waals surface area contributed by atoms with Gasteiger partial charge in [-0.2, -0.15) is 0 Å². The summed E-state index contributed by atoms with van der Waals surface area (Å²) in [7, 11) is 2.07. The van der Waals surface area contributed by atoms with Crippen LogP contribution in [0.25, 0.3) is 0 Å². The van der Waals surface area contributed by atoms with E-state index in [0.717, 1.165) is 12.1 Å². The zero-order valence-corrected chi connectivity index (χ0v) is 11.8. The van der Waals surface area contributed by atoms with Crippen LogP contribution in [0.1, 0.15) is 12.5 Å². The quantitative estimate of drug-likeness (QED) is 0.834. The first-order valence-electron chi connectivity index (χ1n) is 6.15. The summed E-state index contributed by atoms with van der Waals surface area (Å²) >= 11 is 5.96. The molecule has 19 heavy (non-hydrogen) atoms. The van der Waals surface area contributed by atoms with Crippen molar-refractivity contribution in [1.82, 2.24) is 4.98 Å². The second-order valence-corrected chi connectivity index (χ2v) is 4.62. The molecule has 1 aromatic carbocycles. The van der Waals surface area contributed by atoms with Crippen molar-refractivity contribution in [1.29, 1.82) is 0 Å². The number of anilines is 1. The molecule has 0 fully saturated rings. The van der Waals surface area contributed by atoms with Crippen molar-refractivity contribution >= 4 is 17.3 Å². The molecule has 0 bridgehead atoms. The van der Waals surface area contributed by atoms with Crippen LogP contribution < -0.4 is 9.64 Å². The Morgan fingerprint density at radius 1 is 1.32 bits per heavy atom. The third-order valence-corrected chi connectivity index (χ3v) is 3.21.